The molecule has 0 aliphatic rings. The molecule has 0 saturated carbocycles. The molecule has 6 nitrogen and oxygen atoms in total. The molecule has 31 heavy (non-hydrogen) atoms. The number of carbonyl (C=O) groups is 1. The molecule has 3 aromatic carbocycles. The molecule has 0 aliphatic carbocycles. The summed E-state index contributed by atoms with van der Waals surface area (Å²) >= 11 is -2.71. The molecule has 2 atom stereocenters. The normalized spacial score (nSPS) is 12.9. The Morgan fingerprint density at radius 3 is 2.00 bits per heavy atom. The molecule has 0 bridgehead atoms. The van der Waals surface area contributed by atoms with E-state index in [2.05, 4.69) is 0 Å². The predicted molar refractivity (Wildman–Crippen MR) is 120 cm³/mol. The fourth-order valence-corrected chi connectivity index (χ4v) is 4.09. The van der Waals surface area contributed by atoms with Crippen molar-refractivity contribution in [1.29, 1.82) is 0 Å². The van der Waals surface area contributed by atoms with Crippen molar-refractivity contribution in [3.8, 4) is 16.9 Å². The first-order chi connectivity index (χ1) is 14.9. The first-order valence-corrected chi connectivity index (χ1v) is 10.9. The van der Waals surface area contributed by atoms with Gasteiger partial charge in [0.2, 0.25) is 0 Å². The third kappa shape index (κ3) is 5.71. The number of rotatable bonds is 9. The summed E-state index contributed by atoms with van der Waals surface area (Å²) in [6, 6.07) is 23.1. The molecule has 3 aromatic rings. The summed E-state index contributed by atoms with van der Waals surface area (Å²) in [5, 5.41) is 9.47. The van der Waals surface area contributed by atoms with Crippen LogP contribution in [0.1, 0.15) is 19.4 Å². The first-order valence-electron chi connectivity index (χ1n) is 9.85. The van der Waals surface area contributed by atoms with Crippen LogP contribution in [-0.4, -0.2) is 25.9 Å². The average molecular weight is 439 g/mol. The van der Waals surface area contributed by atoms with Crippen LogP contribution in [0.3, 0.4) is 0 Å². The van der Waals surface area contributed by atoms with Crippen molar-refractivity contribution in [3.05, 3.63) is 84.4 Å². The quantitative estimate of drug-likeness (QED) is 0.492. The van der Waals surface area contributed by atoms with Gasteiger partial charge in [-0.05, 0) is 46.9 Å². The summed E-state index contributed by atoms with van der Waals surface area (Å²) in [6.45, 7) is 3.83. The predicted octanol–water partition coefficient (Wildman–Crippen LogP) is 4.64. The minimum absolute atomic E-state index is 0.306. The Kier molecular flexibility index (Phi) is 7.44. The molecule has 7 heteroatoms. The van der Waals surface area contributed by atoms with Gasteiger partial charge in [0.05, 0.1) is 0 Å². The van der Waals surface area contributed by atoms with Crippen molar-refractivity contribution in [1.82, 2.24) is 0 Å². The summed E-state index contributed by atoms with van der Waals surface area (Å²) < 4.78 is 30.2. The monoisotopic (exact) mass is 438 g/mol. The number of hydrogen-bond acceptors (Lipinski definition) is 4. The lowest BCUT2D eigenvalue weighted by Gasteiger charge is -2.34. The van der Waals surface area contributed by atoms with Gasteiger partial charge in [0.1, 0.15) is 18.4 Å². The van der Waals surface area contributed by atoms with E-state index in [0.717, 1.165) is 26.7 Å². The molecule has 2 unspecified atom stereocenters. The third-order valence-electron chi connectivity index (χ3n) is 4.86. The van der Waals surface area contributed by atoms with Crippen LogP contribution in [0.5, 0.6) is 5.75 Å². The molecular formula is C24H24NO5S-. The number of anilines is 1. The van der Waals surface area contributed by atoms with E-state index in [9.17, 15) is 18.7 Å². The van der Waals surface area contributed by atoms with Crippen LogP contribution in [0, 0.1) is 5.92 Å². The van der Waals surface area contributed by atoms with Gasteiger partial charge in [0, 0.05) is 17.0 Å². The largest absolute Gasteiger partial charge is 0.755 e. The van der Waals surface area contributed by atoms with Crippen molar-refractivity contribution in [2.24, 2.45) is 5.92 Å². The SMILES string of the molecule is CC(C)C(C(=O)O)N(c1ccc(-c2ccc(OCc3ccccc3)cc2)cc1)S(=O)[O-]. The minimum atomic E-state index is -2.71. The molecular weight excluding hydrogens is 414 g/mol. The highest BCUT2D eigenvalue weighted by Gasteiger charge is 2.30. The summed E-state index contributed by atoms with van der Waals surface area (Å²) in [4.78, 5) is 11.6. The van der Waals surface area contributed by atoms with E-state index in [1.54, 1.807) is 38.1 Å². The van der Waals surface area contributed by atoms with Crippen LogP contribution in [0.2, 0.25) is 0 Å². The van der Waals surface area contributed by atoms with Gasteiger partial charge in [0.15, 0.2) is 0 Å². The van der Waals surface area contributed by atoms with Crippen molar-refractivity contribution in [3.63, 3.8) is 0 Å². The Bertz CT molecular complexity index is 1020. The number of carboxylic acids is 1. The molecule has 0 heterocycles. The van der Waals surface area contributed by atoms with Crippen molar-refractivity contribution in [2.75, 3.05) is 4.31 Å². The fourth-order valence-electron chi connectivity index (χ4n) is 3.28. The lowest BCUT2D eigenvalue weighted by Crippen LogP contribution is -2.45. The van der Waals surface area contributed by atoms with Gasteiger partial charge in [-0.3, -0.25) is 8.51 Å². The molecule has 0 spiro atoms. The average Bonchev–Trinajstić information content (AvgIpc) is 2.76. The van der Waals surface area contributed by atoms with Gasteiger partial charge in [-0.15, -0.1) is 0 Å². The zero-order valence-corrected chi connectivity index (χ0v) is 18.1. The Labute approximate surface area is 184 Å². The van der Waals surface area contributed by atoms with Crippen LogP contribution in [0.15, 0.2) is 78.9 Å². The summed E-state index contributed by atoms with van der Waals surface area (Å²) in [5.41, 5.74) is 3.21. The number of benzene rings is 3. The second-order valence-electron chi connectivity index (χ2n) is 7.42. The highest BCUT2D eigenvalue weighted by molar-refractivity contribution is 7.80. The smallest absolute Gasteiger partial charge is 0.327 e. The van der Waals surface area contributed by atoms with Crippen molar-refractivity contribution >= 4 is 22.9 Å². The second kappa shape index (κ2) is 10.2. The summed E-state index contributed by atoms with van der Waals surface area (Å²) in [6.07, 6.45) is 0. The van der Waals surface area contributed by atoms with Crippen molar-refractivity contribution < 1.29 is 23.4 Å². The van der Waals surface area contributed by atoms with Crippen LogP contribution < -0.4 is 9.04 Å². The van der Waals surface area contributed by atoms with Crippen LogP contribution in [-0.2, 0) is 22.7 Å². The number of ether oxygens (including phenoxy) is 1. The van der Waals surface area contributed by atoms with Gasteiger partial charge < -0.3 is 14.4 Å². The highest BCUT2D eigenvalue weighted by atomic mass is 32.2. The molecule has 0 radical (unpaired) electrons. The topological polar surface area (TPSA) is 89.9 Å². The van der Waals surface area contributed by atoms with Crippen LogP contribution >= 0.6 is 0 Å². The lowest BCUT2D eigenvalue weighted by atomic mass is 10.0. The van der Waals surface area contributed by atoms with Crippen LogP contribution in [0.4, 0.5) is 5.69 Å². The molecule has 162 valence electrons. The second-order valence-corrected chi connectivity index (χ2v) is 8.24. The van der Waals surface area contributed by atoms with Gasteiger partial charge in [-0.1, -0.05) is 68.4 Å². The van der Waals surface area contributed by atoms with E-state index in [1.165, 1.54) is 0 Å². The van der Waals surface area contributed by atoms with Crippen molar-refractivity contribution in [2.45, 2.75) is 26.5 Å². The van der Waals surface area contributed by atoms with Gasteiger partial charge in [0.25, 0.3) is 0 Å². The zero-order valence-electron chi connectivity index (χ0n) is 17.3. The van der Waals surface area contributed by atoms with E-state index in [1.807, 2.05) is 54.6 Å². The van der Waals surface area contributed by atoms with Gasteiger partial charge >= 0.3 is 5.97 Å². The Morgan fingerprint density at radius 1 is 0.968 bits per heavy atom. The van der Waals surface area contributed by atoms with Gasteiger partial charge in [-0.2, -0.15) is 0 Å². The molecule has 0 fully saturated rings. The van der Waals surface area contributed by atoms with E-state index in [4.69, 9.17) is 4.74 Å². The molecule has 0 saturated heterocycles. The minimum Gasteiger partial charge on any atom is -0.755 e. The van der Waals surface area contributed by atoms with E-state index < -0.39 is 29.2 Å². The first kappa shape index (κ1) is 22.5. The summed E-state index contributed by atoms with van der Waals surface area (Å²) in [7, 11) is 0. The number of nitrogens with zero attached hydrogens (tertiary/aromatic N) is 1. The maximum Gasteiger partial charge on any atom is 0.327 e. The van der Waals surface area contributed by atoms with E-state index >= 15 is 0 Å². The maximum atomic E-state index is 11.8. The zero-order chi connectivity index (χ0) is 22.4. The summed E-state index contributed by atoms with van der Waals surface area (Å²) in [5.74, 6) is -0.828. The third-order valence-corrected chi connectivity index (χ3v) is 5.61. The molecule has 3 rings (SSSR count). The number of hydrogen-bond donors (Lipinski definition) is 1. The fraction of sp³-hybridized carbons (Fsp3) is 0.208. The number of carboxylic acid groups (broad SMARTS) is 1. The van der Waals surface area contributed by atoms with Crippen LogP contribution in [0.25, 0.3) is 11.1 Å². The Morgan fingerprint density at radius 2 is 1.52 bits per heavy atom. The standard InChI is InChI=1S/C24H25NO5S/c1-17(2)23(24(26)27)25(31(28)29)21-12-8-19(9-13-21)20-10-14-22(15-11-20)30-16-18-6-4-3-5-7-18/h3-15,17,23H,16H2,1-2H3,(H,26,27)(H,28,29)/p-1. The molecule has 0 amide bonds. The number of aliphatic carboxylic acids is 1. The Balaban J connectivity index is 1.74. The lowest BCUT2D eigenvalue weighted by molar-refractivity contribution is -0.139. The molecule has 0 aromatic heterocycles. The highest BCUT2D eigenvalue weighted by Crippen LogP contribution is 2.28. The van der Waals surface area contributed by atoms with Gasteiger partial charge in [-0.25, -0.2) is 4.79 Å². The molecule has 0 aliphatic heterocycles. The van der Waals surface area contributed by atoms with E-state index in [-0.39, 0.29) is 0 Å². The Hall–Kier alpha value is -3.16. The maximum absolute atomic E-state index is 11.8. The molecule has 1 N–H and O–H groups in total. The van der Waals surface area contributed by atoms with E-state index in [0.29, 0.717) is 12.3 Å².